The zero-order valence-corrected chi connectivity index (χ0v) is 21.3. The lowest BCUT2D eigenvalue weighted by atomic mass is 9.92. The Kier molecular flexibility index (Phi) is 8.28. The number of aromatic nitrogens is 1. The Bertz CT molecular complexity index is 1170. The molecule has 0 saturated carbocycles. The number of hydrogen-bond acceptors (Lipinski definition) is 7. The number of carbonyl (C=O) groups excluding carboxylic acids is 2. The molecular formula is C26H26BrNO6. The van der Waals surface area contributed by atoms with Gasteiger partial charge in [-0.15, -0.1) is 0 Å². The van der Waals surface area contributed by atoms with Gasteiger partial charge in [-0.05, 0) is 60.0 Å². The van der Waals surface area contributed by atoms with E-state index in [0.29, 0.717) is 51.7 Å². The second-order valence-corrected chi connectivity index (χ2v) is 8.24. The lowest BCUT2D eigenvalue weighted by Gasteiger charge is -2.20. The van der Waals surface area contributed by atoms with Gasteiger partial charge in [-0.25, -0.2) is 9.59 Å². The van der Waals surface area contributed by atoms with Crippen LogP contribution < -0.4 is 9.47 Å². The predicted octanol–water partition coefficient (Wildman–Crippen LogP) is 5.68. The number of pyridine rings is 1. The second-order valence-electron chi connectivity index (χ2n) is 7.38. The highest BCUT2D eigenvalue weighted by Crippen LogP contribution is 2.43. The highest BCUT2D eigenvalue weighted by Gasteiger charge is 2.28. The highest BCUT2D eigenvalue weighted by molar-refractivity contribution is 9.10. The van der Waals surface area contributed by atoms with Crippen LogP contribution in [0.15, 0.2) is 46.9 Å². The van der Waals surface area contributed by atoms with Gasteiger partial charge in [-0.2, -0.15) is 0 Å². The minimum Gasteiger partial charge on any atom is -0.490 e. The number of hydrogen-bond donors (Lipinski definition) is 0. The Morgan fingerprint density at radius 1 is 0.912 bits per heavy atom. The standard InChI is InChI=1S/C26H26BrNO6/c1-6-33-20-13-18(12-19(27)24(20)34-14-17-10-8-7-9-11-17)23-21(25(29)31-4)15(2)28-16(3)22(23)26(30)32-5/h7-13H,6,14H2,1-5H3. The summed E-state index contributed by atoms with van der Waals surface area (Å²) in [5, 5.41) is 0. The summed E-state index contributed by atoms with van der Waals surface area (Å²) < 4.78 is 22.6. The van der Waals surface area contributed by atoms with E-state index in [4.69, 9.17) is 18.9 Å². The molecule has 0 aliphatic rings. The molecule has 0 unspecified atom stereocenters. The minimum atomic E-state index is -0.608. The molecule has 0 atom stereocenters. The van der Waals surface area contributed by atoms with Gasteiger partial charge in [0.1, 0.15) is 6.61 Å². The maximum absolute atomic E-state index is 12.7. The smallest absolute Gasteiger partial charge is 0.340 e. The summed E-state index contributed by atoms with van der Waals surface area (Å²) in [7, 11) is 2.57. The van der Waals surface area contributed by atoms with Crippen LogP contribution in [0.2, 0.25) is 0 Å². The van der Waals surface area contributed by atoms with Crippen molar-refractivity contribution in [1.82, 2.24) is 4.98 Å². The number of esters is 2. The Morgan fingerprint density at radius 3 is 2.03 bits per heavy atom. The first kappa shape index (κ1) is 25.2. The molecule has 7 nitrogen and oxygen atoms in total. The van der Waals surface area contributed by atoms with Crippen LogP contribution >= 0.6 is 15.9 Å². The van der Waals surface area contributed by atoms with Crippen molar-refractivity contribution in [2.75, 3.05) is 20.8 Å². The molecule has 0 bridgehead atoms. The van der Waals surface area contributed by atoms with Crippen molar-refractivity contribution in [3.05, 3.63) is 75.0 Å². The first-order chi connectivity index (χ1) is 16.3. The number of rotatable bonds is 8. The Hall–Kier alpha value is -3.39. The molecule has 0 aliphatic carbocycles. The van der Waals surface area contributed by atoms with E-state index in [1.54, 1.807) is 26.0 Å². The average molecular weight is 528 g/mol. The number of ether oxygens (including phenoxy) is 4. The summed E-state index contributed by atoms with van der Waals surface area (Å²) in [5.74, 6) is -0.245. The van der Waals surface area contributed by atoms with Crippen LogP contribution in [0.25, 0.3) is 11.1 Å². The number of benzene rings is 2. The Balaban J connectivity index is 2.22. The molecule has 34 heavy (non-hydrogen) atoms. The summed E-state index contributed by atoms with van der Waals surface area (Å²) in [6.45, 7) is 5.98. The number of nitrogens with zero attached hydrogens (tertiary/aromatic N) is 1. The van der Waals surface area contributed by atoms with E-state index in [-0.39, 0.29) is 11.1 Å². The first-order valence-electron chi connectivity index (χ1n) is 10.6. The van der Waals surface area contributed by atoms with Crippen LogP contribution in [0.1, 0.15) is 44.6 Å². The summed E-state index contributed by atoms with van der Waals surface area (Å²) in [6.07, 6.45) is 0. The van der Waals surface area contributed by atoms with Crippen LogP contribution in [0.3, 0.4) is 0 Å². The van der Waals surface area contributed by atoms with Crippen molar-refractivity contribution in [2.45, 2.75) is 27.4 Å². The van der Waals surface area contributed by atoms with Crippen LogP contribution in [-0.2, 0) is 16.1 Å². The predicted molar refractivity (Wildman–Crippen MR) is 131 cm³/mol. The molecule has 3 rings (SSSR count). The molecule has 178 valence electrons. The minimum absolute atomic E-state index is 0.181. The van der Waals surface area contributed by atoms with Gasteiger partial charge in [0.15, 0.2) is 11.5 Å². The molecule has 0 aliphatic heterocycles. The van der Waals surface area contributed by atoms with Crippen molar-refractivity contribution < 1.29 is 28.5 Å². The molecule has 8 heteroatoms. The van der Waals surface area contributed by atoms with Crippen molar-refractivity contribution in [3.8, 4) is 22.6 Å². The third-order valence-corrected chi connectivity index (χ3v) is 5.75. The van der Waals surface area contributed by atoms with Crippen molar-refractivity contribution in [1.29, 1.82) is 0 Å². The molecular weight excluding hydrogens is 502 g/mol. The lowest BCUT2D eigenvalue weighted by Crippen LogP contribution is -2.16. The Labute approximate surface area is 207 Å². The van der Waals surface area contributed by atoms with Gasteiger partial charge in [0.05, 0.1) is 47.8 Å². The second kappa shape index (κ2) is 11.2. The molecule has 0 N–H and O–H groups in total. The summed E-state index contributed by atoms with van der Waals surface area (Å²) in [6, 6.07) is 13.3. The molecule has 0 amide bonds. The van der Waals surface area contributed by atoms with Gasteiger partial charge in [0.2, 0.25) is 0 Å². The fourth-order valence-corrected chi connectivity index (χ4v) is 4.24. The van der Waals surface area contributed by atoms with Gasteiger partial charge in [0, 0.05) is 5.56 Å². The highest BCUT2D eigenvalue weighted by atomic mass is 79.9. The SMILES string of the molecule is CCOc1cc(-c2c(C(=O)OC)c(C)nc(C)c2C(=O)OC)cc(Br)c1OCc1ccccc1. The third kappa shape index (κ3) is 5.22. The molecule has 0 spiro atoms. The van der Waals surface area contributed by atoms with Gasteiger partial charge >= 0.3 is 11.9 Å². The van der Waals surface area contributed by atoms with Crippen LogP contribution in [0.4, 0.5) is 0 Å². The zero-order valence-electron chi connectivity index (χ0n) is 19.7. The normalized spacial score (nSPS) is 10.5. The van der Waals surface area contributed by atoms with Crippen LogP contribution in [0.5, 0.6) is 11.5 Å². The molecule has 1 heterocycles. The fourth-order valence-electron chi connectivity index (χ4n) is 3.69. The van der Waals surface area contributed by atoms with E-state index in [2.05, 4.69) is 20.9 Å². The number of aryl methyl sites for hydroxylation is 2. The Morgan fingerprint density at radius 2 is 1.50 bits per heavy atom. The largest absolute Gasteiger partial charge is 0.490 e. The van der Waals surface area contributed by atoms with Crippen LogP contribution in [-0.4, -0.2) is 37.7 Å². The van der Waals surface area contributed by atoms with Crippen molar-refractivity contribution in [2.24, 2.45) is 0 Å². The molecule has 0 radical (unpaired) electrons. The van der Waals surface area contributed by atoms with Crippen LogP contribution in [0, 0.1) is 13.8 Å². The molecule has 0 fully saturated rings. The lowest BCUT2D eigenvalue weighted by molar-refractivity contribution is 0.0599. The topological polar surface area (TPSA) is 84.0 Å². The average Bonchev–Trinajstić information content (AvgIpc) is 2.82. The van der Waals surface area contributed by atoms with Gasteiger partial charge in [-0.3, -0.25) is 4.98 Å². The first-order valence-corrected chi connectivity index (χ1v) is 11.4. The van der Waals surface area contributed by atoms with E-state index in [0.717, 1.165) is 5.56 Å². The number of halogens is 1. The van der Waals surface area contributed by atoms with E-state index < -0.39 is 11.9 Å². The summed E-state index contributed by atoms with van der Waals surface area (Å²) in [5.41, 5.74) is 3.15. The maximum Gasteiger partial charge on any atom is 0.340 e. The van der Waals surface area contributed by atoms with E-state index in [1.807, 2.05) is 37.3 Å². The molecule has 0 saturated heterocycles. The maximum atomic E-state index is 12.7. The quantitative estimate of drug-likeness (QED) is 0.348. The van der Waals surface area contributed by atoms with Crippen molar-refractivity contribution in [3.63, 3.8) is 0 Å². The third-order valence-electron chi connectivity index (χ3n) is 5.16. The van der Waals surface area contributed by atoms with Gasteiger partial charge in [-0.1, -0.05) is 30.3 Å². The van der Waals surface area contributed by atoms with Crippen molar-refractivity contribution >= 4 is 27.9 Å². The summed E-state index contributed by atoms with van der Waals surface area (Å²) in [4.78, 5) is 29.9. The molecule has 1 aromatic heterocycles. The van der Waals surface area contributed by atoms with E-state index >= 15 is 0 Å². The van der Waals surface area contributed by atoms with Gasteiger partial charge < -0.3 is 18.9 Å². The van der Waals surface area contributed by atoms with Gasteiger partial charge in [0.25, 0.3) is 0 Å². The zero-order chi connectivity index (χ0) is 24.8. The monoisotopic (exact) mass is 527 g/mol. The summed E-state index contributed by atoms with van der Waals surface area (Å²) >= 11 is 3.58. The molecule has 2 aromatic carbocycles. The van der Waals surface area contributed by atoms with E-state index in [1.165, 1.54) is 14.2 Å². The van der Waals surface area contributed by atoms with E-state index in [9.17, 15) is 9.59 Å². The molecule has 3 aromatic rings. The number of carbonyl (C=O) groups is 2. The fraction of sp³-hybridized carbons (Fsp3) is 0.269. The number of methoxy groups -OCH3 is 2.